The van der Waals surface area contributed by atoms with Crippen molar-refractivity contribution in [2.24, 2.45) is 10.2 Å². The quantitative estimate of drug-likeness (QED) is 0.159. The van der Waals surface area contributed by atoms with Crippen LogP contribution in [0.2, 0.25) is 0 Å². The molecule has 1 aromatic heterocycles. The van der Waals surface area contributed by atoms with Crippen LogP contribution in [0.3, 0.4) is 0 Å². The lowest BCUT2D eigenvalue weighted by atomic mass is 9.80. The molecule has 9 nitrogen and oxygen atoms in total. The van der Waals surface area contributed by atoms with Crippen molar-refractivity contribution in [3.05, 3.63) is 120 Å². The maximum atomic E-state index is 12.9. The Kier molecular flexibility index (Phi) is 6.99. The largest absolute Gasteiger partial charge is 0.493 e. The van der Waals surface area contributed by atoms with E-state index in [1.54, 1.807) is 24.3 Å². The van der Waals surface area contributed by atoms with Crippen LogP contribution in [0.1, 0.15) is 33.7 Å². The van der Waals surface area contributed by atoms with E-state index in [-0.39, 0.29) is 11.5 Å². The molecule has 0 unspecified atom stereocenters. The second-order valence-electron chi connectivity index (χ2n) is 8.46. The molecule has 0 fully saturated rings. The Morgan fingerprint density at radius 1 is 0.974 bits per heavy atom. The molecule has 2 N–H and O–H groups in total. The van der Waals surface area contributed by atoms with Crippen molar-refractivity contribution >= 4 is 23.8 Å². The van der Waals surface area contributed by atoms with E-state index >= 15 is 0 Å². The summed E-state index contributed by atoms with van der Waals surface area (Å²) in [4.78, 5) is 25.1. The van der Waals surface area contributed by atoms with E-state index in [2.05, 4.69) is 21.1 Å². The Hall–Kier alpha value is -5.18. The van der Waals surface area contributed by atoms with Crippen molar-refractivity contribution in [3.8, 4) is 11.5 Å². The molecule has 190 valence electrons. The fourth-order valence-electron chi connectivity index (χ4n) is 4.19. The first kappa shape index (κ1) is 24.5. The number of nitrogens with zero attached hydrogens (tertiary/aromatic N) is 2. The van der Waals surface area contributed by atoms with E-state index < -0.39 is 17.4 Å². The fourth-order valence-corrected chi connectivity index (χ4v) is 4.19. The van der Waals surface area contributed by atoms with Crippen LogP contribution in [0.4, 0.5) is 0 Å². The summed E-state index contributed by atoms with van der Waals surface area (Å²) in [6, 6.07) is 27.8. The van der Waals surface area contributed by atoms with Crippen LogP contribution in [0, 0.1) is 0 Å². The van der Waals surface area contributed by atoms with Gasteiger partial charge in [-0.05, 0) is 47.0 Å². The van der Waals surface area contributed by atoms with E-state index in [0.717, 1.165) is 11.1 Å². The summed E-state index contributed by atoms with van der Waals surface area (Å²) in [6.07, 6.45) is 3.20. The molecule has 1 amide bonds. The van der Waals surface area contributed by atoms with Crippen LogP contribution in [-0.4, -0.2) is 30.9 Å². The number of amides is 1. The van der Waals surface area contributed by atoms with Crippen LogP contribution < -0.4 is 20.3 Å². The van der Waals surface area contributed by atoms with E-state index in [0.29, 0.717) is 23.4 Å². The molecule has 3 aromatic carbocycles. The molecule has 0 saturated heterocycles. The number of hydrazone groups is 2. The van der Waals surface area contributed by atoms with E-state index in [4.69, 9.17) is 13.9 Å². The molecule has 0 saturated carbocycles. The van der Waals surface area contributed by atoms with Crippen LogP contribution >= 0.6 is 0 Å². The van der Waals surface area contributed by atoms with Crippen molar-refractivity contribution in [3.63, 3.8) is 0 Å². The van der Waals surface area contributed by atoms with Gasteiger partial charge < -0.3 is 13.9 Å². The summed E-state index contributed by atoms with van der Waals surface area (Å²) in [5, 5.41) is 8.43. The maximum Gasteiger partial charge on any atom is 0.379 e. The van der Waals surface area contributed by atoms with Gasteiger partial charge in [0.2, 0.25) is 5.76 Å². The second-order valence-corrected chi connectivity index (χ2v) is 8.46. The second kappa shape index (κ2) is 10.8. The van der Waals surface area contributed by atoms with Crippen molar-refractivity contribution in [2.75, 3.05) is 7.11 Å². The van der Waals surface area contributed by atoms with Gasteiger partial charge in [0.15, 0.2) is 11.5 Å². The monoisotopic (exact) mass is 508 g/mol. The molecule has 0 atom stereocenters. The van der Waals surface area contributed by atoms with Gasteiger partial charge in [0.25, 0.3) is 5.91 Å². The highest BCUT2D eigenvalue weighted by atomic mass is 16.6. The number of rotatable bonds is 8. The molecule has 5 rings (SSSR count). The van der Waals surface area contributed by atoms with Crippen LogP contribution in [0.15, 0.2) is 112 Å². The van der Waals surface area contributed by atoms with E-state index in [1.165, 1.54) is 25.7 Å². The average molecular weight is 509 g/mol. The third kappa shape index (κ3) is 5.03. The number of hydrogen-bond donors (Lipinski definition) is 2. The normalized spacial score (nSPS) is 14.0. The number of carbonyl (C=O) groups excluding carboxylic acids is 2. The van der Waals surface area contributed by atoms with Crippen LogP contribution in [0.5, 0.6) is 11.5 Å². The molecule has 0 spiro atoms. The summed E-state index contributed by atoms with van der Waals surface area (Å²) in [7, 11) is 1.46. The minimum absolute atomic E-state index is 0.0771. The topological polar surface area (TPSA) is 115 Å². The predicted molar refractivity (Wildman–Crippen MR) is 141 cm³/mol. The number of benzene rings is 3. The Morgan fingerprint density at radius 2 is 1.68 bits per heavy atom. The van der Waals surface area contributed by atoms with Gasteiger partial charge in [-0.1, -0.05) is 60.7 Å². The molecule has 0 aliphatic carbocycles. The van der Waals surface area contributed by atoms with Crippen molar-refractivity contribution in [2.45, 2.75) is 12.0 Å². The summed E-state index contributed by atoms with van der Waals surface area (Å²) < 4.78 is 15.7. The number of furan rings is 1. The zero-order valence-corrected chi connectivity index (χ0v) is 20.5. The molecule has 1 aliphatic heterocycles. The molecule has 1 aliphatic rings. The molecule has 0 bridgehead atoms. The third-order valence-corrected chi connectivity index (χ3v) is 6.10. The van der Waals surface area contributed by atoms with Crippen molar-refractivity contribution in [1.29, 1.82) is 0 Å². The van der Waals surface area contributed by atoms with Gasteiger partial charge in [0, 0.05) is 6.42 Å². The van der Waals surface area contributed by atoms with E-state index in [9.17, 15) is 9.59 Å². The Morgan fingerprint density at radius 3 is 2.32 bits per heavy atom. The Labute approximate surface area is 218 Å². The summed E-state index contributed by atoms with van der Waals surface area (Å²) in [5.74, 6) is -0.443. The van der Waals surface area contributed by atoms with Gasteiger partial charge in [0.1, 0.15) is 11.3 Å². The summed E-state index contributed by atoms with van der Waals surface area (Å²) in [6.45, 7) is 0. The highest BCUT2D eigenvalue weighted by molar-refractivity contribution is 6.39. The fraction of sp³-hybridized carbons (Fsp3) is 0.103. The zero-order valence-electron chi connectivity index (χ0n) is 20.5. The molecular weight excluding hydrogens is 484 g/mol. The van der Waals surface area contributed by atoms with Crippen LogP contribution in [-0.2, 0) is 10.3 Å². The van der Waals surface area contributed by atoms with Gasteiger partial charge in [-0.3, -0.25) is 10.2 Å². The first-order valence-corrected chi connectivity index (χ1v) is 11.8. The lowest BCUT2D eigenvalue weighted by Gasteiger charge is -2.30. The minimum Gasteiger partial charge on any atom is -0.493 e. The third-order valence-electron chi connectivity index (χ3n) is 6.10. The summed E-state index contributed by atoms with van der Waals surface area (Å²) in [5.41, 5.74) is 8.03. The van der Waals surface area contributed by atoms with Gasteiger partial charge in [-0.15, -0.1) is 0 Å². The SMILES string of the molecule is COc1cc(/C=N\NC(=O)C2=NNC(c3ccccc3)(c3ccccc3)C2)ccc1OC(=O)c1ccco1. The van der Waals surface area contributed by atoms with Gasteiger partial charge in [-0.2, -0.15) is 10.2 Å². The molecule has 9 heteroatoms. The minimum atomic E-state index is -0.658. The van der Waals surface area contributed by atoms with Crippen molar-refractivity contribution < 1.29 is 23.5 Å². The first-order valence-electron chi connectivity index (χ1n) is 11.8. The number of nitrogens with one attached hydrogen (secondary N) is 2. The molecule has 38 heavy (non-hydrogen) atoms. The van der Waals surface area contributed by atoms with Gasteiger partial charge in [0.05, 0.1) is 19.6 Å². The lowest BCUT2D eigenvalue weighted by molar-refractivity contribution is -0.114. The number of methoxy groups -OCH3 is 1. The zero-order chi connectivity index (χ0) is 26.4. The number of hydrogen-bond acceptors (Lipinski definition) is 8. The van der Waals surface area contributed by atoms with Crippen LogP contribution in [0.25, 0.3) is 0 Å². The highest BCUT2D eigenvalue weighted by Gasteiger charge is 2.41. The Balaban J connectivity index is 1.26. The standard InChI is InChI=1S/C29H24N4O5/c1-36-26-17-20(14-15-24(26)38-28(35)25-13-8-16-37-25)19-30-32-27(34)23-18-29(33-31-23,21-9-4-2-5-10-21)22-11-6-3-7-12-22/h2-17,19,33H,18H2,1H3,(H,32,34)/b30-19-. The molecule has 0 radical (unpaired) electrons. The van der Waals surface area contributed by atoms with Gasteiger partial charge in [-0.25, -0.2) is 10.2 Å². The average Bonchev–Trinajstić information content (AvgIpc) is 3.67. The van der Waals surface area contributed by atoms with Crippen molar-refractivity contribution in [1.82, 2.24) is 10.9 Å². The maximum absolute atomic E-state index is 12.9. The predicted octanol–water partition coefficient (Wildman–Crippen LogP) is 4.25. The summed E-state index contributed by atoms with van der Waals surface area (Å²) >= 11 is 0. The molecule has 4 aromatic rings. The van der Waals surface area contributed by atoms with E-state index in [1.807, 2.05) is 60.7 Å². The lowest BCUT2D eigenvalue weighted by Crippen LogP contribution is -2.38. The van der Waals surface area contributed by atoms with Gasteiger partial charge >= 0.3 is 5.97 Å². The molecular formula is C29H24N4O5. The smallest absolute Gasteiger partial charge is 0.379 e. The first-order chi connectivity index (χ1) is 18.6. The number of ether oxygens (including phenoxy) is 2. The Bertz CT molecular complexity index is 1440. The highest BCUT2D eigenvalue weighted by Crippen LogP contribution is 2.36. The molecule has 2 heterocycles. The number of esters is 1. The number of carbonyl (C=O) groups is 2.